The molecule has 1 fully saturated rings. The van der Waals surface area contributed by atoms with Gasteiger partial charge >= 0.3 is 0 Å². The van der Waals surface area contributed by atoms with Crippen molar-refractivity contribution in [1.29, 1.82) is 0 Å². The molecule has 94 valence electrons. The molecule has 2 aromatic rings. The Bertz CT molecular complexity index is 488. The summed E-state index contributed by atoms with van der Waals surface area (Å²) in [5.74, 6) is 0.997. The highest BCUT2D eigenvalue weighted by molar-refractivity contribution is 6.30. The van der Waals surface area contributed by atoms with E-state index < -0.39 is 0 Å². The van der Waals surface area contributed by atoms with E-state index in [2.05, 4.69) is 20.2 Å². The van der Waals surface area contributed by atoms with Crippen molar-refractivity contribution in [3.63, 3.8) is 0 Å². The van der Waals surface area contributed by atoms with Gasteiger partial charge in [-0.05, 0) is 25.0 Å². The van der Waals surface area contributed by atoms with Gasteiger partial charge in [-0.3, -0.25) is 0 Å². The number of aromatic nitrogens is 4. The van der Waals surface area contributed by atoms with Crippen molar-refractivity contribution in [3.8, 4) is 0 Å². The first-order valence-corrected chi connectivity index (χ1v) is 6.43. The Hall–Kier alpha value is -1.62. The van der Waals surface area contributed by atoms with Gasteiger partial charge < -0.3 is 4.90 Å². The Balaban J connectivity index is 1.65. The Morgan fingerprint density at radius 2 is 2.06 bits per heavy atom. The van der Waals surface area contributed by atoms with Crippen molar-refractivity contribution < 1.29 is 0 Å². The van der Waals surface area contributed by atoms with Gasteiger partial charge in [0.25, 0.3) is 0 Å². The molecule has 1 saturated heterocycles. The average molecular weight is 264 g/mol. The fraction of sp³-hybridized carbons (Fsp3) is 0.417. The lowest BCUT2D eigenvalue weighted by molar-refractivity contribution is 0.359. The van der Waals surface area contributed by atoms with Gasteiger partial charge in [0, 0.05) is 25.5 Å². The van der Waals surface area contributed by atoms with Crippen LogP contribution in [0.2, 0.25) is 5.02 Å². The summed E-state index contributed by atoms with van der Waals surface area (Å²) in [6.45, 7) is 1.97. The quantitative estimate of drug-likeness (QED) is 0.833. The maximum Gasteiger partial charge on any atom is 0.128 e. The molecule has 0 saturated carbocycles. The molecule has 0 atom stereocenters. The third-order valence-electron chi connectivity index (χ3n) is 3.32. The van der Waals surface area contributed by atoms with Gasteiger partial charge in [-0.15, -0.1) is 5.10 Å². The Morgan fingerprint density at radius 1 is 1.22 bits per heavy atom. The second-order valence-electron chi connectivity index (χ2n) is 4.44. The van der Waals surface area contributed by atoms with Crippen molar-refractivity contribution in [2.24, 2.45) is 0 Å². The molecule has 1 aliphatic heterocycles. The van der Waals surface area contributed by atoms with Crippen LogP contribution >= 0.6 is 11.6 Å². The van der Waals surface area contributed by atoms with Crippen LogP contribution < -0.4 is 4.90 Å². The summed E-state index contributed by atoms with van der Waals surface area (Å²) in [6.07, 6.45) is 7.48. The number of nitrogens with zero attached hydrogens (tertiary/aromatic N) is 5. The summed E-state index contributed by atoms with van der Waals surface area (Å²) in [5.41, 5.74) is 0. The topological polar surface area (TPSA) is 46.8 Å². The molecule has 0 N–H and O–H groups in total. The molecule has 0 radical (unpaired) electrons. The molecule has 3 rings (SSSR count). The molecule has 3 heterocycles. The molecular weight excluding hydrogens is 250 g/mol. The number of pyridine rings is 1. The van der Waals surface area contributed by atoms with Crippen LogP contribution in [0.25, 0.3) is 0 Å². The summed E-state index contributed by atoms with van der Waals surface area (Å²) in [6, 6.07) is 4.31. The summed E-state index contributed by atoms with van der Waals surface area (Å²) < 4.78 is 1.95. The maximum absolute atomic E-state index is 5.84. The van der Waals surface area contributed by atoms with Crippen molar-refractivity contribution in [2.45, 2.75) is 18.9 Å². The molecule has 1 aliphatic rings. The molecule has 0 bridgehead atoms. The smallest absolute Gasteiger partial charge is 0.128 e. The van der Waals surface area contributed by atoms with Gasteiger partial charge in [-0.2, -0.15) is 0 Å². The second-order valence-corrected chi connectivity index (χ2v) is 4.87. The van der Waals surface area contributed by atoms with E-state index in [-0.39, 0.29) is 0 Å². The first-order valence-electron chi connectivity index (χ1n) is 6.05. The molecule has 5 nitrogen and oxygen atoms in total. The highest BCUT2D eigenvalue weighted by Crippen LogP contribution is 2.24. The van der Waals surface area contributed by atoms with E-state index in [0.717, 1.165) is 31.7 Å². The van der Waals surface area contributed by atoms with E-state index in [1.165, 1.54) is 0 Å². The average Bonchev–Trinajstić information content (AvgIpc) is 2.94. The van der Waals surface area contributed by atoms with E-state index >= 15 is 0 Å². The molecule has 0 amide bonds. The van der Waals surface area contributed by atoms with Crippen LogP contribution in [0, 0.1) is 0 Å². The minimum atomic E-state index is 0.455. The van der Waals surface area contributed by atoms with Crippen LogP contribution in [0.4, 0.5) is 5.82 Å². The van der Waals surface area contributed by atoms with Crippen LogP contribution in [-0.4, -0.2) is 33.1 Å². The van der Waals surface area contributed by atoms with Gasteiger partial charge in [0.15, 0.2) is 0 Å². The lowest BCUT2D eigenvalue weighted by Gasteiger charge is -2.32. The number of rotatable bonds is 2. The van der Waals surface area contributed by atoms with Gasteiger partial charge in [0.05, 0.1) is 17.3 Å². The molecule has 0 unspecified atom stereocenters. The predicted octanol–water partition coefficient (Wildman–Crippen LogP) is 2.17. The van der Waals surface area contributed by atoms with Gasteiger partial charge in [0.2, 0.25) is 0 Å². The molecule has 0 aromatic carbocycles. The van der Waals surface area contributed by atoms with Gasteiger partial charge in [0.1, 0.15) is 5.82 Å². The van der Waals surface area contributed by atoms with E-state index in [4.69, 9.17) is 11.6 Å². The van der Waals surface area contributed by atoms with Crippen LogP contribution in [-0.2, 0) is 0 Å². The monoisotopic (exact) mass is 263 g/mol. The maximum atomic E-state index is 5.84. The fourth-order valence-corrected chi connectivity index (χ4v) is 2.44. The van der Waals surface area contributed by atoms with Crippen LogP contribution in [0.3, 0.4) is 0 Å². The number of hydrogen-bond donors (Lipinski definition) is 0. The van der Waals surface area contributed by atoms with Crippen LogP contribution in [0.15, 0.2) is 30.7 Å². The summed E-state index contributed by atoms with van der Waals surface area (Å²) >= 11 is 5.84. The van der Waals surface area contributed by atoms with Crippen LogP contribution in [0.1, 0.15) is 18.9 Å². The summed E-state index contributed by atoms with van der Waals surface area (Å²) in [4.78, 5) is 6.63. The molecule has 18 heavy (non-hydrogen) atoms. The van der Waals surface area contributed by atoms with Crippen molar-refractivity contribution in [3.05, 3.63) is 35.7 Å². The van der Waals surface area contributed by atoms with E-state index in [9.17, 15) is 0 Å². The Morgan fingerprint density at radius 3 is 2.67 bits per heavy atom. The van der Waals surface area contributed by atoms with Crippen molar-refractivity contribution in [1.82, 2.24) is 20.0 Å². The molecule has 2 aromatic heterocycles. The van der Waals surface area contributed by atoms with Crippen molar-refractivity contribution >= 4 is 17.4 Å². The Labute approximate surface area is 110 Å². The van der Waals surface area contributed by atoms with E-state index in [1.54, 1.807) is 12.4 Å². The third-order valence-corrected chi connectivity index (χ3v) is 3.54. The Kier molecular flexibility index (Phi) is 3.15. The zero-order chi connectivity index (χ0) is 12.4. The summed E-state index contributed by atoms with van der Waals surface area (Å²) in [5, 5.41) is 8.60. The standard InChI is InChI=1S/C12H14ClN5/c13-10-1-2-12(14-9-10)17-6-3-11(4-7-17)18-8-5-15-16-18/h1-2,5,8-9,11H,3-4,6-7H2. The number of anilines is 1. The molecule has 0 aliphatic carbocycles. The van der Waals surface area contributed by atoms with Crippen molar-refractivity contribution in [2.75, 3.05) is 18.0 Å². The first-order chi connectivity index (χ1) is 8.83. The van der Waals surface area contributed by atoms with E-state index in [1.807, 2.05) is 23.0 Å². The van der Waals surface area contributed by atoms with Gasteiger partial charge in [-0.25, -0.2) is 9.67 Å². The molecule has 6 heteroatoms. The zero-order valence-corrected chi connectivity index (χ0v) is 10.7. The second kappa shape index (κ2) is 4.94. The highest BCUT2D eigenvalue weighted by atomic mass is 35.5. The largest absolute Gasteiger partial charge is 0.356 e. The molecule has 0 spiro atoms. The first kappa shape index (κ1) is 11.5. The van der Waals surface area contributed by atoms with Gasteiger partial charge in [-0.1, -0.05) is 16.8 Å². The SMILES string of the molecule is Clc1ccc(N2CCC(n3ccnn3)CC2)nc1. The summed E-state index contributed by atoms with van der Waals surface area (Å²) in [7, 11) is 0. The lowest BCUT2D eigenvalue weighted by Crippen LogP contribution is -2.35. The normalized spacial score (nSPS) is 17.1. The predicted molar refractivity (Wildman–Crippen MR) is 69.8 cm³/mol. The lowest BCUT2D eigenvalue weighted by atomic mass is 10.1. The minimum Gasteiger partial charge on any atom is -0.356 e. The van der Waals surface area contributed by atoms with Crippen LogP contribution in [0.5, 0.6) is 0 Å². The number of piperidine rings is 1. The van der Waals surface area contributed by atoms with E-state index in [0.29, 0.717) is 11.1 Å². The number of halogens is 1. The third kappa shape index (κ3) is 2.31. The number of hydrogen-bond acceptors (Lipinski definition) is 4. The minimum absolute atomic E-state index is 0.455. The molecular formula is C12H14ClN5. The zero-order valence-electron chi connectivity index (χ0n) is 9.91. The fourth-order valence-electron chi connectivity index (χ4n) is 2.33. The highest BCUT2D eigenvalue weighted by Gasteiger charge is 2.21.